The maximum absolute atomic E-state index is 5.94. The highest BCUT2D eigenvalue weighted by molar-refractivity contribution is 5.46. The van der Waals surface area contributed by atoms with Gasteiger partial charge in [0.2, 0.25) is 0 Å². The first-order valence-corrected chi connectivity index (χ1v) is 6.16. The van der Waals surface area contributed by atoms with E-state index in [0.717, 1.165) is 25.2 Å². The van der Waals surface area contributed by atoms with Gasteiger partial charge in [-0.1, -0.05) is 18.2 Å². The van der Waals surface area contributed by atoms with Crippen molar-refractivity contribution in [3.05, 3.63) is 59.9 Å². The van der Waals surface area contributed by atoms with Crippen LogP contribution in [0.3, 0.4) is 0 Å². The molecule has 3 heteroatoms. The molecule has 0 radical (unpaired) electrons. The number of nitrogens with two attached hydrogens (primary N) is 1. The number of nitrogens with zero attached hydrogens (tertiary/aromatic N) is 2. The smallest absolute Gasteiger partial charge is 0.0359 e. The molecule has 0 aliphatic carbocycles. The van der Waals surface area contributed by atoms with Gasteiger partial charge >= 0.3 is 0 Å². The van der Waals surface area contributed by atoms with E-state index >= 15 is 0 Å². The third-order valence-corrected chi connectivity index (χ3v) is 3.03. The fraction of sp³-hybridized carbons (Fsp3) is 0.267. The van der Waals surface area contributed by atoms with Crippen molar-refractivity contribution in [3.63, 3.8) is 0 Å². The van der Waals surface area contributed by atoms with Crippen LogP contribution in [-0.2, 0) is 13.0 Å². The summed E-state index contributed by atoms with van der Waals surface area (Å²) in [5, 5.41) is 0. The Morgan fingerprint density at radius 2 is 1.83 bits per heavy atom. The number of nitrogen functional groups attached to an aromatic ring is 1. The minimum absolute atomic E-state index is 0.869. The molecule has 0 aliphatic heterocycles. The average molecular weight is 241 g/mol. The lowest BCUT2D eigenvalue weighted by Crippen LogP contribution is -2.21. The van der Waals surface area contributed by atoms with Crippen molar-refractivity contribution in [2.75, 3.05) is 19.3 Å². The fourth-order valence-corrected chi connectivity index (χ4v) is 1.92. The second-order valence-corrected chi connectivity index (χ2v) is 4.54. The lowest BCUT2D eigenvalue weighted by Gasteiger charge is -2.17. The van der Waals surface area contributed by atoms with E-state index in [-0.39, 0.29) is 0 Å². The lowest BCUT2D eigenvalue weighted by atomic mass is 10.1. The zero-order valence-electron chi connectivity index (χ0n) is 10.7. The Balaban J connectivity index is 1.86. The summed E-state index contributed by atoms with van der Waals surface area (Å²) in [6.07, 6.45) is 4.71. The monoisotopic (exact) mass is 241 g/mol. The summed E-state index contributed by atoms with van der Waals surface area (Å²) in [6.45, 7) is 1.90. The summed E-state index contributed by atoms with van der Waals surface area (Å²) in [6, 6.07) is 12.2. The predicted molar refractivity (Wildman–Crippen MR) is 75.1 cm³/mol. The molecule has 1 aromatic heterocycles. The molecule has 0 aliphatic rings. The van der Waals surface area contributed by atoms with Crippen LogP contribution in [0.1, 0.15) is 11.1 Å². The van der Waals surface area contributed by atoms with Gasteiger partial charge in [-0.05, 0) is 42.8 Å². The molecule has 0 amide bonds. The molecule has 0 saturated carbocycles. The summed E-state index contributed by atoms with van der Waals surface area (Å²) in [7, 11) is 2.12. The summed E-state index contributed by atoms with van der Waals surface area (Å²) in [5.41, 5.74) is 9.32. The van der Waals surface area contributed by atoms with Gasteiger partial charge < -0.3 is 10.6 Å². The van der Waals surface area contributed by atoms with Gasteiger partial charge in [-0.2, -0.15) is 0 Å². The largest absolute Gasteiger partial charge is 0.398 e. The Hall–Kier alpha value is -1.87. The minimum Gasteiger partial charge on any atom is -0.398 e. The van der Waals surface area contributed by atoms with Crippen LogP contribution in [0.25, 0.3) is 0 Å². The lowest BCUT2D eigenvalue weighted by molar-refractivity contribution is 0.331. The van der Waals surface area contributed by atoms with E-state index in [4.69, 9.17) is 5.73 Å². The number of likely N-dealkylation sites (N-methyl/N-ethyl adjacent to an activating group) is 1. The van der Waals surface area contributed by atoms with Crippen LogP contribution in [0.5, 0.6) is 0 Å². The van der Waals surface area contributed by atoms with E-state index in [0.29, 0.717) is 0 Å². The molecule has 1 heterocycles. The molecule has 18 heavy (non-hydrogen) atoms. The molecule has 0 unspecified atom stereocenters. The highest BCUT2D eigenvalue weighted by Crippen LogP contribution is 2.12. The van der Waals surface area contributed by atoms with Crippen molar-refractivity contribution < 1.29 is 0 Å². The van der Waals surface area contributed by atoms with Crippen molar-refractivity contribution >= 4 is 5.69 Å². The number of hydrogen-bond acceptors (Lipinski definition) is 3. The number of benzene rings is 1. The van der Waals surface area contributed by atoms with Gasteiger partial charge in [0.25, 0.3) is 0 Å². The molecule has 2 N–H and O–H groups in total. The summed E-state index contributed by atoms with van der Waals surface area (Å²) in [5.74, 6) is 0. The molecule has 0 bridgehead atoms. The van der Waals surface area contributed by atoms with Crippen molar-refractivity contribution in [2.45, 2.75) is 13.0 Å². The van der Waals surface area contributed by atoms with Gasteiger partial charge in [0.1, 0.15) is 0 Å². The number of pyridine rings is 1. The van der Waals surface area contributed by atoms with E-state index in [1.54, 1.807) is 0 Å². The number of aromatic nitrogens is 1. The third-order valence-electron chi connectivity index (χ3n) is 3.03. The van der Waals surface area contributed by atoms with Crippen molar-refractivity contribution in [2.24, 2.45) is 0 Å². The Morgan fingerprint density at radius 1 is 1.11 bits per heavy atom. The topological polar surface area (TPSA) is 42.2 Å². The SMILES string of the molecule is CN(CCc1ccncc1)Cc1ccccc1N. The molecule has 2 aromatic rings. The minimum atomic E-state index is 0.869. The van der Waals surface area contributed by atoms with E-state index < -0.39 is 0 Å². The zero-order valence-corrected chi connectivity index (χ0v) is 10.7. The Bertz CT molecular complexity index is 482. The molecule has 94 valence electrons. The number of rotatable bonds is 5. The molecule has 0 spiro atoms. The number of anilines is 1. The third kappa shape index (κ3) is 3.57. The van der Waals surface area contributed by atoms with E-state index in [2.05, 4.69) is 35.1 Å². The maximum atomic E-state index is 5.94. The fourth-order valence-electron chi connectivity index (χ4n) is 1.92. The van der Waals surface area contributed by atoms with Crippen LogP contribution in [0.4, 0.5) is 5.69 Å². The van der Waals surface area contributed by atoms with E-state index in [1.807, 2.05) is 30.6 Å². The predicted octanol–water partition coefficient (Wildman–Crippen LogP) is 2.34. The molecule has 0 atom stereocenters. The van der Waals surface area contributed by atoms with Gasteiger partial charge in [0, 0.05) is 31.2 Å². The normalized spacial score (nSPS) is 10.8. The zero-order chi connectivity index (χ0) is 12.8. The highest BCUT2D eigenvalue weighted by atomic mass is 15.1. The first-order valence-electron chi connectivity index (χ1n) is 6.16. The molecular formula is C15H19N3. The van der Waals surface area contributed by atoms with Gasteiger partial charge in [-0.3, -0.25) is 4.98 Å². The van der Waals surface area contributed by atoms with Crippen LogP contribution in [0.15, 0.2) is 48.8 Å². The molecular weight excluding hydrogens is 222 g/mol. The molecule has 1 aromatic carbocycles. The molecule has 3 nitrogen and oxygen atoms in total. The van der Waals surface area contributed by atoms with Crippen molar-refractivity contribution in [1.82, 2.24) is 9.88 Å². The van der Waals surface area contributed by atoms with Gasteiger partial charge in [0.05, 0.1) is 0 Å². The standard InChI is InChI=1S/C15H19N3/c1-18(11-8-13-6-9-17-10-7-13)12-14-4-2-3-5-15(14)16/h2-7,9-10H,8,11-12,16H2,1H3. The summed E-state index contributed by atoms with van der Waals surface area (Å²) < 4.78 is 0. The van der Waals surface area contributed by atoms with Gasteiger partial charge in [-0.25, -0.2) is 0 Å². The van der Waals surface area contributed by atoms with E-state index in [9.17, 15) is 0 Å². The van der Waals surface area contributed by atoms with Crippen LogP contribution < -0.4 is 5.73 Å². The Kier molecular flexibility index (Phi) is 4.31. The van der Waals surface area contributed by atoms with Crippen molar-refractivity contribution in [1.29, 1.82) is 0 Å². The molecule has 0 saturated heterocycles. The second kappa shape index (κ2) is 6.17. The first kappa shape index (κ1) is 12.6. The maximum Gasteiger partial charge on any atom is 0.0359 e. The number of para-hydroxylation sites is 1. The van der Waals surface area contributed by atoms with Crippen molar-refractivity contribution in [3.8, 4) is 0 Å². The van der Waals surface area contributed by atoms with Crippen LogP contribution in [0, 0.1) is 0 Å². The first-order chi connectivity index (χ1) is 8.75. The van der Waals surface area contributed by atoms with Gasteiger partial charge in [-0.15, -0.1) is 0 Å². The van der Waals surface area contributed by atoms with Crippen LogP contribution >= 0.6 is 0 Å². The van der Waals surface area contributed by atoms with Crippen LogP contribution in [-0.4, -0.2) is 23.5 Å². The Morgan fingerprint density at radius 3 is 2.56 bits per heavy atom. The summed E-state index contributed by atoms with van der Waals surface area (Å²) in [4.78, 5) is 6.31. The highest BCUT2D eigenvalue weighted by Gasteiger charge is 2.03. The average Bonchev–Trinajstić information content (AvgIpc) is 2.40. The summed E-state index contributed by atoms with van der Waals surface area (Å²) >= 11 is 0. The molecule has 0 fully saturated rings. The van der Waals surface area contributed by atoms with Gasteiger partial charge in [0.15, 0.2) is 0 Å². The van der Waals surface area contributed by atoms with E-state index in [1.165, 1.54) is 11.1 Å². The number of hydrogen-bond donors (Lipinski definition) is 1. The molecule has 2 rings (SSSR count). The quantitative estimate of drug-likeness (QED) is 0.817. The second-order valence-electron chi connectivity index (χ2n) is 4.54. The Labute approximate surface area is 108 Å². The van der Waals surface area contributed by atoms with Crippen LogP contribution in [0.2, 0.25) is 0 Å².